The zero-order valence-corrected chi connectivity index (χ0v) is 14.0. The highest BCUT2D eigenvalue weighted by Gasteiger charge is 2.12. The second kappa shape index (κ2) is 8.72. The molecule has 126 valence electrons. The number of para-hydroxylation sites is 1. The van der Waals surface area contributed by atoms with Gasteiger partial charge in [0.15, 0.2) is 0 Å². The molecule has 0 unspecified atom stereocenters. The van der Waals surface area contributed by atoms with Crippen molar-refractivity contribution in [3.8, 4) is 5.75 Å². The van der Waals surface area contributed by atoms with E-state index in [1.165, 1.54) is 0 Å². The van der Waals surface area contributed by atoms with Gasteiger partial charge in [-0.05, 0) is 43.7 Å². The lowest BCUT2D eigenvalue weighted by atomic mass is 10.1. The van der Waals surface area contributed by atoms with E-state index in [1.807, 2.05) is 19.9 Å². The molecule has 2 aromatic rings. The van der Waals surface area contributed by atoms with E-state index < -0.39 is 0 Å². The predicted molar refractivity (Wildman–Crippen MR) is 95.5 cm³/mol. The molecule has 24 heavy (non-hydrogen) atoms. The standard InChI is InChI=1S/C19H22N2O3/c1-3-8-18(22)20-14-9-7-10-15(13-14)21-19(23)16-11-5-6-12-17(16)24-4-2/h5-7,9-13H,3-4,8H2,1-2H3,(H,20,22)(H,21,23). The van der Waals surface area contributed by atoms with Gasteiger partial charge >= 0.3 is 0 Å². The number of carbonyl (C=O) groups is 2. The van der Waals surface area contributed by atoms with Gasteiger partial charge in [-0.3, -0.25) is 9.59 Å². The Hall–Kier alpha value is -2.82. The molecule has 0 heterocycles. The highest BCUT2D eigenvalue weighted by molar-refractivity contribution is 6.06. The summed E-state index contributed by atoms with van der Waals surface area (Å²) in [5, 5.41) is 5.65. The Kier molecular flexibility index (Phi) is 6.37. The van der Waals surface area contributed by atoms with E-state index in [0.29, 0.717) is 35.7 Å². The second-order valence-corrected chi connectivity index (χ2v) is 5.26. The van der Waals surface area contributed by atoms with Crippen LogP contribution in [-0.2, 0) is 4.79 Å². The fourth-order valence-corrected chi connectivity index (χ4v) is 2.26. The van der Waals surface area contributed by atoms with Crippen molar-refractivity contribution in [3.63, 3.8) is 0 Å². The molecule has 2 N–H and O–H groups in total. The maximum Gasteiger partial charge on any atom is 0.259 e. The second-order valence-electron chi connectivity index (χ2n) is 5.26. The van der Waals surface area contributed by atoms with Crippen molar-refractivity contribution in [1.82, 2.24) is 0 Å². The first-order valence-corrected chi connectivity index (χ1v) is 8.07. The summed E-state index contributed by atoms with van der Waals surface area (Å²) in [5.41, 5.74) is 1.74. The lowest BCUT2D eigenvalue weighted by Gasteiger charge is -2.11. The first-order valence-electron chi connectivity index (χ1n) is 8.07. The molecule has 5 heteroatoms. The number of ether oxygens (including phenoxy) is 1. The van der Waals surface area contributed by atoms with Gasteiger partial charge in [-0.25, -0.2) is 0 Å². The van der Waals surface area contributed by atoms with E-state index >= 15 is 0 Å². The Morgan fingerprint density at radius 1 is 0.958 bits per heavy atom. The van der Waals surface area contributed by atoms with Crippen molar-refractivity contribution in [1.29, 1.82) is 0 Å². The fourth-order valence-electron chi connectivity index (χ4n) is 2.26. The van der Waals surface area contributed by atoms with Crippen LogP contribution in [0, 0.1) is 0 Å². The van der Waals surface area contributed by atoms with Crippen molar-refractivity contribution in [2.45, 2.75) is 26.7 Å². The minimum Gasteiger partial charge on any atom is -0.493 e. The summed E-state index contributed by atoms with van der Waals surface area (Å²) in [5.74, 6) is 0.253. The van der Waals surface area contributed by atoms with Crippen molar-refractivity contribution in [2.75, 3.05) is 17.2 Å². The van der Waals surface area contributed by atoms with Crippen LogP contribution in [0.4, 0.5) is 11.4 Å². The van der Waals surface area contributed by atoms with Gasteiger partial charge in [0, 0.05) is 17.8 Å². The molecule has 2 amide bonds. The molecule has 0 saturated heterocycles. The number of benzene rings is 2. The van der Waals surface area contributed by atoms with Gasteiger partial charge < -0.3 is 15.4 Å². The summed E-state index contributed by atoms with van der Waals surface area (Å²) in [4.78, 5) is 24.1. The summed E-state index contributed by atoms with van der Waals surface area (Å²) in [7, 11) is 0. The van der Waals surface area contributed by atoms with Crippen molar-refractivity contribution in [2.24, 2.45) is 0 Å². The van der Waals surface area contributed by atoms with Crippen LogP contribution in [0.15, 0.2) is 48.5 Å². The Bertz CT molecular complexity index is 713. The van der Waals surface area contributed by atoms with Crippen LogP contribution in [0.2, 0.25) is 0 Å². The molecule has 5 nitrogen and oxygen atoms in total. The molecular weight excluding hydrogens is 304 g/mol. The summed E-state index contributed by atoms with van der Waals surface area (Å²) in [6, 6.07) is 14.2. The van der Waals surface area contributed by atoms with E-state index in [0.717, 1.165) is 6.42 Å². The van der Waals surface area contributed by atoms with Gasteiger partial charge in [-0.1, -0.05) is 25.1 Å². The number of rotatable bonds is 7. The van der Waals surface area contributed by atoms with E-state index in [9.17, 15) is 9.59 Å². The van der Waals surface area contributed by atoms with Gasteiger partial charge in [-0.2, -0.15) is 0 Å². The Balaban J connectivity index is 2.11. The van der Waals surface area contributed by atoms with Gasteiger partial charge in [0.2, 0.25) is 5.91 Å². The molecule has 0 aromatic heterocycles. The number of anilines is 2. The molecule has 2 aromatic carbocycles. The summed E-state index contributed by atoms with van der Waals surface area (Å²) in [6.07, 6.45) is 1.26. The normalized spacial score (nSPS) is 10.1. The maximum atomic E-state index is 12.5. The van der Waals surface area contributed by atoms with Crippen molar-refractivity contribution in [3.05, 3.63) is 54.1 Å². The number of hydrogen-bond donors (Lipinski definition) is 2. The fraction of sp³-hybridized carbons (Fsp3) is 0.263. The molecule has 0 radical (unpaired) electrons. The minimum absolute atomic E-state index is 0.0392. The third-order valence-electron chi connectivity index (χ3n) is 3.31. The van der Waals surface area contributed by atoms with Crippen LogP contribution >= 0.6 is 0 Å². The van der Waals surface area contributed by atoms with Crippen LogP contribution in [0.25, 0.3) is 0 Å². The monoisotopic (exact) mass is 326 g/mol. The zero-order chi connectivity index (χ0) is 17.4. The van der Waals surface area contributed by atoms with Gasteiger partial charge in [0.25, 0.3) is 5.91 Å². The summed E-state index contributed by atoms with van der Waals surface area (Å²) < 4.78 is 5.48. The van der Waals surface area contributed by atoms with Gasteiger partial charge in [0.05, 0.1) is 12.2 Å². The van der Waals surface area contributed by atoms with Gasteiger partial charge in [-0.15, -0.1) is 0 Å². The third-order valence-corrected chi connectivity index (χ3v) is 3.31. The van der Waals surface area contributed by atoms with Crippen molar-refractivity contribution < 1.29 is 14.3 Å². The Morgan fingerprint density at radius 2 is 1.67 bits per heavy atom. The van der Waals surface area contributed by atoms with Crippen LogP contribution < -0.4 is 15.4 Å². The van der Waals surface area contributed by atoms with E-state index in [4.69, 9.17) is 4.74 Å². The smallest absolute Gasteiger partial charge is 0.259 e. The first-order chi connectivity index (χ1) is 11.6. The molecule has 0 spiro atoms. The summed E-state index contributed by atoms with van der Waals surface area (Å²) >= 11 is 0. The zero-order valence-electron chi connectivity index (χ0n) is 14.0. The molecule has 0 aliphatic carbocycles. The Morgan fingerprint density at radius 3 is 2.38 bits per heavy atom. The highest BCUT2D eigenvalue weighted by Crippen LogP contribution is 2.21. The molecule has 0 aliphatic rings. The van der Waals surface area contributed by atoms with Crippen molar-refractivity contribution >= 4 is 23.2 Å². The maximum absolute atomic E-state index is 12.5. The summed E-state index contributed by atoms with van der Waals surface area (Å²) in [6.45, 7) is 4.31. The molecule has 0 aliphatic heterocycles. The average molecular weight is 326 g/mol. The van der Waals surface area contributed by atoms with Crippen LogP contribution in [-0.4, -0.2) is 18.4 Å². The minimum atomic E-state index is -0.254. The van der Waals surface area contributed by atoms with E-state index in [-0.39, 0.29) is 11.8 Å². The van der Waals surface area contributed by atoms with E-state index in [2.05, 4.69) is 10.6 Å². The number of nitrogens with one attached hydrogen (secondary N) is 2. The molecule has 0 fully saturated rings. The first kappa shape index (κ1) is 17.5. The lowest BCUT2D eigenvalue weighted by Crippen LogP contribution is -2.14. The molecule has 0 bridgehead atoms. The van der Waals surface area contributed by atoms with Crippen LogP contribution in [0.1, 0.15) is 37.0 Å². The average Bonchev–Trinajstić information content (AvgIpc) is 2.56. The topological polar surface area (TPSA) is 67.4 Å². The quantitative estimate of drug-likeness (QED) is 0.806. The predicted octanol–water partition coefficient (Wildman–Crippen LogP) is 4.08. The Labute approximate surface area is 142 Å². The lowest BCUT2D eigenvalue weighted by molar-refractivity contribution is -0.116. The number of amides is 2. The largest absolute Gasteiger partial charge is 0.493 e. The molecule has 0 saturated carbocycles. The SMILES string of the molecule is CCCC(=O)Nc1cccc(NC(=O)c2ccccc2OCC)c1. The van der Waals surface area contributed by atoms with Crippen LogP contribution in [0.5, 0.6) is 5.75 Å². The number of carbonyl (C=O) groups excluding carboxylic acids is 2. The molecule has 2 rings (SSSR count). The third kappa shape index (κ3) is 4.84. The van der Waals surface area contributed by atoms with Gasteiger partial charge in [0.1, 0.15) is 5.75 Å². The van der Waals surface area contributed by atoms with E-state index in [1.54, 1.807) is 42.5 Å². The number of hydrogen-bond acceptors (Lipinski definition) is 3. The molecular formula is C19H22N2O3. The highest BCUT2D eigenvalue weighted by atomic mass is 16.5. The molecule has 0 atom stereocenters. The van der Waals surface area contributed by atoms with Crippen LogP contribution in [0.3, 0.4) is 0 Å².